The van der Waals surface area contributed by atoms with Crippen molar-refractivity contribution in [1.82, 2.24) is 4.90 Å². The first-order valence-electron chi connectivity index (χ1n) is 6.14. The second-order valence-electron chi connectivity index (χ2n) is 4.62. The van der Waals surface area contributed by atoms with Crippen molar-refractivity contribution in [3.05, 3.63) is 0 Å². The monoisotopic (exact) mass is 212 g/mol. The van der Waals surface area contributed by atoms with E-state index in [1.807, 2.05) is 11.9 Å². The van der Waals surface area contributed by atoms with E-state index in [2.05, 4.69) is 13.8 Å². The number of hydrogen-bond donors (Lipinski definition) is 1. The summed E-state index contributed by atoms with van der Waals surface area (Å²) in [5.41, 5.74) is 5.95. The van der Waals surface area contributed by atoms with E-state index in [9.17, 15) is 4.79 Å². The molecule has 0 radical (unpaired) electrons. The number of amides is 1. The summed E-state index contributed by atoms with van der Waals surface area (Å²) >= 11 is 0. The highest BCUT2D eigenvalue weighted by Gasteiger charge is 2.33. The molecule has 1 amide bonds. The van der Waals surface area contributed by atoms with E-state index in [0.29, 0.717) is 6.04 Å². The number of nitrogens with zero attached hydrogens (tertiary/aromatic N) is 1. The Balaban J connectivity index is 2.58. The summed E-state index contributed by atoms with van der Waals surface area (Å²) in [4.78, 5) is 14.1. The van der Waals surface area contributed by atoms with E-state index < -0.39 is 0 Å². The van der Waals surface area contributed by atoms with Gasteiger partial charge in [-0.3, -0.25) is 4.79 Å². The fraction of sp³-hybridized carbons (Fsp3) is 0.917. The number of hydrogen-bond acceptors (Lipinski definition) is 2. The summed E-state index contributed by atoms with van der Waals surface area (Å²) in [7, 11) is 1.92. The first-order valence-corrected chi connectivity index (χ1v) is 6.14. The third-order valence-corrected chi connectivity index (χ3v) is 3.72. The summed E-state index contributed by atoms with van der Waals surface area (Å²) in [5.74, 6) is 0.337. The third kappa shape index (κ3) is 2.71. The molecule has 2 atom stereocenters. The van der Waals surface area contributed by atoms with Gasteiger partial charge in [0.05, 0.1) is 5.92 Å². The van der Waals surface area contributed by atoms with Crippen molar-refractivity contribution >= 4 is 5.91 Å². The topological polar surface area (TPSA) is 46.3 Å². The Hall–Kier alpha value is -0.570. The van der Waals surface area contributed by atoms with Crippen LogP contribution in [0.3, 0.4) is 0 Å². The Morgan fingerprint density at radius 1 is 1.40 bits per heavy atom. The minimum Gasteiger partial charge on any atom is -0.343 e. The molecule has 0 bridgehead atoms. The van der Waals surface area contributed by atoms with E-state index in [-0.39, 0.29) is 17.9 Å². The Morgan fingerprint density at radius 2 is 2.00 bits per heavy atom. The first-order chi connectivity index (χ1) is 7.11. The standard InChI is InChI=1S/C12H24N2O/c1-4-9(5-2)14(3)12(15)10-7-6-8-11(10)13/h9-11H,4-8,13H2,1-3H3. The molecule has 0 spiro atoms. The van der Waals surface area contributed by atoms with E-state index in [1.54, 1.807) is 0 Å². The summed E-state index contributed by atoms with van der Waals surface area (Å²) < 4.78 is 0. The van der Waals surface area contributed by atoms with Gasteiger partial charge in [-0.05, 0) is 25.7 Å². The van der Waals surface area contributed by atoms with Crippen LogP contribution in [0.4, 0.5) is 0 Å². The van der Waals surface area contributed by atoms with E-state index >= 15 is 0 Å². The lowest BCUT2D eigenvalue weighted by atomic mass is 10.0. The lowest BCUT2D eigenvalue weighted by Crippen LogP contribution is -2.44. The van der Waals surface area contributed by atoms with Crippen molar-refractivity contribution < 1.29 is 4.79 Å². The molecule has 1 saturated carbocycles. The second kappa shape index (κ2) is 5.50. The highest BCUT2D eigenvalue weighted by molar-refractivity contribution is 5.80. The minimum atomic E-state index is 0.0793. The normalized spacial score (nSPS) is 25.9. The van der Waals surface area contributed by atoms with Crippen LogP contribution in [0, 0.1) is 5.92 Å². The molecule has 2 unspecified atom stereocenters. The van der Waals surface area contributed by atoms with Crippen LogP contribution < -0.4 is 5.73 Å². The van der Waals surface area contributed by atoms with Gasteiger partial charge in [-0.2, -0.15) is 0 Å². The largest absolute Gasteiger partial charge is 0.343 e. The van der Waals surface area contributed by atoms with E-state index in [1.165, 1.54) is 0 Å². The number of carbonyl (C=O) groups is 1. The van der Waals surface area contributed by atoms with Gasteiger partial charge in [0.1, 0.15) is 0 Å². The van der Waals surface area contributed by atoms with Crippen molar-refractivity contribution in [1.29, 1.82) is 0 Å². The molecule has 0 aliphatic heterocycles. The summed E-state index contributed by atoms with van der Waals surface area (Å²) in [6, 6.07) is 0.472. The molecule has 2 N–H and O–H groups in total. The zero-order valence-corrected chi connectivity index (χ0v) is 10.2. The Morgan fingerprint density at radius 3 is 2.40 bits per heavy atom. The predicted molar refractivity (Wildman–Crippen MR) is 62.5 cm³/mol. The molecule has 88 valence electrons. The Bertz CT molecular complexity index is 214. The average molecular weight is 212 g/mol. The maximum atomic E-state index is 12.2. The lowest BCUT2D eigenvalue weighted by molar-refractivity contribution is -0.136. The van der Waals surface area contributed by atoms with Gasteiger partial charge >= 0.3 is 0 Å². The molecule has 15 heavy (non-hydrogen) atoms. The van der Waals surface area contributed by atoms with Gasteiger partial charge in [-0.25, -0.2) is 0 Å². The summed E-state index contributed by atoms with van der Waals surface area (Å²) in [6.45, 7) is 4.26. The molecule has 0 aromatic heterocycles. The van der Waals surface area contributed by atoms with Crippen LogP contribution in [0.1, 0.15) is 46.0 Å². The van der Waals surface area contributed by atoms with E-state index in [4.69, 9.17) is 5.73 Å². The van der Waals surface area contributed by atoms with Crippen LogP contribution in [0.15, 0.2) is 0 Å². The number of nitrogens with two attached hydrogens (primary N) is 1. The van der Waals surface area contributed by atoms with Gasteiger partial charge in [0, 0.05) is 19.1 Å². The molecule has 0 saturated heterocycles. The second-order valence-corrected chi connectivity index (χ2v) is 4.62. The number of carbonyl (C=O) groups excluding carboxylic acids is 1. The van der Waals surface area contributed by atoms with Gasteiger partial charge in [0.15, 0.2) is 0 Å². The summed E-state index contributed by atoms with van der Waals surface area (Å²) in [5, 5.41) is 0. The fourth-order valence-electron chi connectivity index (χ4n) is 2.57. The molecule has 0 heterocycles. The molecule has 1 fully saturated rings. The molecular weight excluding hydrogens is 188 g/mol. The molecular formula is C12H24N2O. The van der Waals surface area contributed by atoms with Gasteiger partial charge in [0.25, 0.3) is 0 Å². The van der Waals surface area contributed by atoms with Crippen LogP contribution in [-0.2, 0) is 4.79 Å². The lowest BCUT2D eigenvalue weighted by Gasteiger charge is -2.30. The Kier molecular flexibility index (Phi) is 4.58. The molecule has 1 rings (SSSR count). The SMILES string of the molecule is CCC(CC)N(C)C(=O)C1CCCC1N. The van der Waals surface area contributed by atoms with Gasteiger partial charge < -0.3 is 10.6 Å². The van der Waals surface area contributed by atoms with Gasteiger partial charge in [-0.15, -0.1) is 0 Å². The van der Waals surface area contributed by atoms with Crippen molar-refractivity contribution in [2.24, 2.45) is 11.7 Å². The summed E-state index contributed by atoms with van der Waals surface area (Å²) in [6.07, 6.45) is 5.15. The highest BCUT2D eigenvalue weighted by atomic mass is 16.2. The van der Waals surface area contributed by atoms with Crippen LogP contribution in [0.5, 0.6) is 0 Å². The quantitative estimate of drug-likeness (QED) is 0.772. The van der Waals surface area contributed by atoms with Crippen LogP contribution >= 0.6 is 0 Å². The molecule has 0 aromatic carbocycles. The van der Waals surface area contributed by atoms with Gasteiger partial charge in [0.2, 0.25) is 5.91 Å². The number of rotatable bonds is 4. The molecule has 0 aromatic rings. The molecule has 3 heteroatoms. The van der Waals surface area contributed by atoms with E-state index in [0.717, 1.165) is 32.1 Å². The molecule has 3 nitrogen and oxygen atoms in total. The van der Waals surface area contributed by atoms with Crippen LogP contribution in [0.2, 0.25) is 0 Å². The van der Waals surface area contributed by atoms with Crippen molar-refractivity contribution in [2.45, 2.75) is 58.0 Å². The predicted octanol–water partition coefficient (Wildman–Crippen LogP) is 1.76. The molecule has 1 aliphatic rings. The first kappa shape index (κ1) is 12.5. The zero-order valence-electron chi connectivity index (χ0n) is 10.2. The van der Waals surface area contributed by atoms with Crippen molar-refractivity contribution in [3.8, 4) is 0 Å². The van der Waals surface area contributed by atoms with Gasteiger partial charge in [-0.1, -0.05) is 20.3 Å². The highest BCUT2D eigenvalue weighted by Crippen LogP contribution is 2.26. The van der Waals surface area contributed by atoms with Crippen LogP contribution in [0.25, 0.3) is 0 Å². The molecule has 1 aliphatic carbocycles. The minimum absolute atomic E-state index is 0.0793. The van der Waals surface area contributed by atoms with Crippen molar-refractivity contribution in [3.63, 3.8) is 0 Å². The van der Waals surface area contributed by atoms with Crippen LogP contribution in [-0.4, -0.2) is 29.9 Å². The average Bonchev–Trinajstić information content (AvgIpc) is 2.65. The maximum absolute atomic E-state index is 12.2. The maximum Gasteiger partial charge on any atom is 0.227 e. The third-order valence-electron chi connectivity index (χ3n) is 3.72. The Labute approximate surface area is 93.0 Å². The zero-order chi connectivity index (χ0) is 11.4. The smallest absolute Gasteiger partial charge is 0.227 e. The fourth-order valence-corrected chi connectivity index (χ4v) is 2.57. The van der Waals surface area contributed by atoms with Crippen molar-refractivity contribution in [2.75, 3.05) is 7.05 Å².